The molecule has 0 saturated carbocycles. The Hall–Kier alpha value is -1.10. The summed E-state index contributed by atoms with van der Waals surface area (Å²) in [5, 5.41) is 0. The van der Waals surface area contributed by atoms with Crippen LogP contribution in [0.15, 0.2) is 0 Å². The van der Waals surface area contributed by atoms with Crippen LogP contribution in [0, 0.1) is 0 Å². The Morgan fingerprint density at radius 1 is 1.29 bits per heavy atom. The van der Waals surface area contributed by atoms with E-state index >= 15 is 0 Å². The minimum atomic E-state index is -0.385. The first-order valence-electron chi connectivity index (χ1n) is 6.24. The zero-order chi connectivity index (χ0) is 12.7. The Bertz CT molecular complexity index is 267. The van der Waals surface area contributed by atoms with Gasteiger partial charge in [0.25, 0.3) is 0 Å². The third-order valence-electron chi connectivity index (χ3n) is 2.80. The lowest BCUT2D eigenvalue weighted by atomic mass is 10.2. The van der Waals surface area contributed by atoms with Gasteiger partial charge >= 0.3 is 5.97 Å². The van der Waals surface area contributed by atoms with E-state index in [9.17, 15) is 9.59 Å². The first kappa shape index (κ1) is 14.0. The van der Waals surface area contributed by atoms with Crippen LogP contribution >= 0.6 is 0 Å². The number of carbonyl (C=O) groups excluding carboxylic acids is 2. The number of amides is 1. The summed E-state index contributed by atoms with van der Waals surface area (Å²) in [5.41, 5.74) is 0. The van der Waals surface area contributed by atoms with E-state index in [0.717, 1.165) is 6.42 Å². The lowest BCUT2D eigenvalue weighted by molar-refractivity contribution is -0.153. The van der Waals surface area contributed by atoms with Gasteiger partial charge in [0.1, 0.15) is 6.04 Å². The molecule has 0 aromatic rings. The Labute approximate surface area is 102 Å². The van der Waals surface area contributed by atoms with Gasteiger partial charge in [0.05, 0.1) is 19.6 Å². The molecule has 0 aliphatic carbocycles. The Balaban J connectivity index is 2.44. The topological polar surface area (TPSA) is 55.8 Å². The fraction of sp³-hybridized carbons (Fsp3) is 0.833. The summed E-state index contributed by atoms with van der Waals surface area (Å²) in [5.74, 6) is -0.302. The maximum atomic E-state index is 11.9. The maximum absolute atomic E-state index is 11.9. The quantitative estimate of drug-likeness (QED) is 0.515. The van der Waals surface area contributed by atoms with Gasteiger partial charge in [-0.1, -0.05) is 0 Å². The smallest absolute Gasteiger partial charge is 0.328 e. The number of carbonyl (C=O) groups is 2. The molecule has 1 unspecified atom stereocenters. The number of likely N-dealkylation sites (tertiary alicyclic amines) is 1. The number of nitrogens with zero attached hydrogens (tertiary/aromatic N) is 1. The van der Waals surface area contributed by atoms with E-state index < -0.39 is 0 Å². The van der Waals surface area contributed by atoms with Crippen LogP contribution in [0.3, 0.4) is 0 Å². The number of hydrogen-bond donors (Lipinski definition) is 0. The van der Waals surface area contributed by atoms with Crippen LogP contribution in [0.5, 0.6) is 0 Å². The van der Waals surface area contributed by atoms with Gasteiger partial charge in [-0.25, -0.2) is 4.79 Å². The van der Waals surface area contributed by atoms with E-state index in [-0.39, 0.29) is 17.9 Å². The fourth-order valence-corrected chi connectivity index (χ4v) is 2.00. The van der Waals surface area contributed by atoms with Gasteiger partial charge in [0.15, 0.2) is 0 Å². The van der Waals surface area contributed by atoms with Crippen LogP contribution in [-0.2, 0) is 19.1 Å². The molecule has 1 rings (SSSR count). The van der Waals surface area contributed by atoms with E-state index in [4.69, 9.17) is 9.47 Å². The van der Waals surface area contributed by atoms with Gasteiger partial charge in [-0.2, -0.15) is 0 Å². The van der Waals surface area contributed by atoms with Crippen LogP contribution in [-0.4, -0.2) is 49.2 Å². The van der Waals surface area contributed by atoms with Crippen molar-refractivity contribution in [1.82, 2.24) is 4.90 Å². The van der Waals surface area contributed by atoms with E-state index in [1.165, 1.54) is 0 Å². The monoisotopic (exact) mass is 243 g/mol. The largest absolute Gasteiger partial charge is 0.464 e. The molecule has 17 heavy (non-hydrogen) atoms. The predicted octanol–water partition coefficient (Wildman–Crippen LogP) is 0.967. The van der Waals surface area contributed by atoms with Gasteiger partial charge in [-0.15, -0.1) is 0 Å². The number of esters is 1. The van der Waals surface area contributed by atoms with E-state index in [1.807, 2.05) is 6.92 Å². The van der Waals surface area contributed by atoms with Crippen molar-refractivity contribution < 1.29 is 19.1 Å². The van der Waals surface area contributed by atoms with Crippen molar-refractivity contribution in [2.24, 2.45) is 0 Å². The molecule has 1 fully saturated rings. The summed E-state index contributed by atoms with van der Waals surface area (Å²) >= 11 is 0. The van der Waals surface area contributed by atoms with Gasteiger partial charge in [0.2, 0.25) is 5.91 Å². The summed E-state index contributed by atoms with van der Waals surface area (Å²) in [6, 6.07) is -0.385. The second-order valence-corrected chi connectivity index (χ2v) is 3.94. The number of ether oxygens (including phenoxy) is 2. The molecule has 0 N–H and O–H groups in total. The molecule has 0 aromatic heterocycles. The molecular weight excluding hydrogens is 222 g/mol. The van der Waals surface area contributed by atoms with E-state index in [2.05, 4.69) is 0 Å². The van der Waals surface area contributed by atoms with E-state index in [0.29, 0.717) is 39.2 Å². The summed E-state index contributed by atoms with van der Waals surface area (Å²) < 4.78 is 10.1. The summed E-state index contributed by atoms with van der Waals surface area (Å²) in [6.45, 7) is 5.69. The molecule has 5 heteroatoms. The molecule has 0 radical (unpaired) electrons. The van der Waals surface area contributed by atoms with Crippen molar-refractivity contribution in [2.45, 2.75) is 39.2 Å². The van der Waals surface area contributed by atoms with E-state index in [1.54, 1.807) is 11.8 Å². The average molecular weight is 243 g/mol. The summed E-state index contributed by atoms with van der Waals surface area (Å²) in [6.07, 6.45) is 1.91. The SMILES string of the molecule is CCOCCC(=O)N1CCCC1C(=O)OCC. The van der Waals surface area contributed by atoms with Crippen molar-refractivity contribution in [3.05, 3.63) is 0 Å². The van der Waals surface area contributed by atoms with Gasteiger partial charge < -0.3 is 14.4 Å². The normalized spacial score (nSPS) is 19.4. The Morgan fingerprint density at radius 2 is 2.06 bits per heavy atom. The van der Waals surface area contributed by atoms with Crippen molar-refractivity contribution in [3.8, 4) is 0 Å². The zero-order valence-corrected chi connectivity index (χ0v) is 10.6. The summed E-state index contributed by atoms with van der Waals surface area (Å²) in [4.78, 5) is 25.1. The fourth-order valence-electron chi connectivity index (χ4n) is 2.00. The van der Waals surface area contributed by atoms with Crippen molar-refractivity contribution >= 4 is 11.9 Å². The Morgan fingerprint density at radius 3 is 2.71 bits per heavy atom. The van der Waals surface area contributed by atoms with Crippen LogP contribution in [0.1, 0.15) is 33.1 Å². The molecular formula is C12H21NO4. The van der Waals surface area contributed by atoms with Crippen molar-refractivity contribution in [1.29, 1.82) is 0 Å². The minimum Gasteiger partial charge on any atom is -0.464 e. The Kier molecular flexibility index (Phi) is 5.97. The van der Waals surface area contributed by atoms with Crippen LogP contribution in [0.25, 0.3) is 0 Å². The number of rotatable bonds is 6. The highest BCUT2D eigenvalue weighted by atomic mass is 16.5. The average Bonchev–Trinajstić information content (AvgIpc) is 2.78. The molecule has 0 aromatic carbocycles. The highest BCUT2D eigenvalue weighted by Gasteiger charge is 2.34. The van der Waals surface area contributed by atoms with Gasteiger partial charge in [-0.05, 0) is 26.7 Å². The molecule has 0 spiro atoms. The second-order valence-electron chi connectivity index (χ2n) is 3.94. The highest BCUT2D eigenvalue weighted by molar-refractivity contribution is 5.85. The molecule has 0 bridgehead atoms. The third kappa shape index (κ3) is 4.00. The highest BCUT2D eigenvalue weighted by Crippen LogP contribution is 2.19. The van der Waals surface area contributed by atoms with Gasteiger partial charge in [0, 0.05) is 13.2 Å². The third-order valence-corrected chi connectivity index (χ3v) is 2.80. The molecule has 1 atom stereocenters. The zero-order valence-electron chi connectivity index (χ0n) is 10.6. The molecule has 1 aliphatic heterocycles. The van der Waals surface area contributed by atoms with Gasteiger partial charge in [-0.3, -0.25) is 4.79 Å². The molecule has 1 aliphatic rings. The van der Waals surface area contributed by atoms with Crippen molar-refractivity contribution in [3.63, 3.8) is 0 Å². The standard InChI is InChI=1S/C12H21NO4/c1-3-16-9-7-11(14)13-8-5-6-10(13)12(15)17-4-2/h10H,3-9H2,1-2H3. The molecule has 1 heterocycles. The van der Waals surface area contributed by atoms with Crippen LogP contribution in [0.2, 0.25) is 0 Å². The lowest BCUT2D eigenvalue weighted by Crippen LogP contribution is -2.41. The molecule has 1 amide bonds. The second kappa shape index (κ2) is 7.27. The lowest BCUT2D eigenvalue weighted by Gasteiger charge is -2.23. The van der Waals surface area contributed by atoms with Crippen LogP contribution < -0.4 is 0 Å². The molecule has 1 saturated heterocycles. The number of hydrogen-bond acceptors (Lipinski definition) is 4. The predicted molar refractivity (Wildman–Crippen MR) is 62.5 cm³/mol. The van der Waals surface area contributed by atoms with Crippen LogP contribution in [0.4, 0.5) is 0 Å². The first-order chi connectivity index (χ1) is 8.20. The first-order valence-corrected chi connectivity index (χ1v) is 6.24. The van der Waals surface area contributed by atoms with Crippen molar-refractivity contribution in [2.75, 3.05) is 26.4 Å². The molecule has 98 valence electrons. The summed E-state index contributed by atoms with van der Waals surface area (Å²) in [7, 11) is 0. The molecule has 5 nitrogen and oxygen atoms in total. The maximum Gasteiger partial charge on any atom is 0.328 e. The minimum absolute atomic E-state index is 0.0194.